The number of aromatic nitrogens is 3. The lowest BCUT2D eigenvalue weighted by atomic mass is 10.2. The Morgan fingerprint density at radius 2 is 1.84 bits per heavy atom. The van der Waals surface area contributed by atoms with Crippen LogP contribution >= 0.6 is 11.8 Å². The highest BCUT2D eigenvalue weighted by Crippen LogP contribution is 2.21. The molecular formula is C23H30N6OS. The molecule has 0 saturated carbocycles. The van der Waals surface area contributed by atoms with Gasteiger partial charge in [-0.15, -0.1) is 22.0 Å². The Hall–Kier alpha value is -3.00. The number of hydrogen-bond acceptors (Lipinski definition) is 5. The number of aliphatic imine (C=N–C) groups is 1. The van der Waals surface area contributed by atoms with Crippen molar-refractivity contribution in [3.05, 3.63) is 71.8 Å². The summed E-state index contributed by atoms with van der Waals surface area (Å²) in [5.41, 5.74) is 1.11. The number of guanidine groups is 1. The number of nitrogens with zero attached hydrogens (tertiary/aromatic N) is 4. The molecule has 7 nitrogen and oxygen atoms in total. The number of aryl methyl sites for hydroxylation is 1. The Kier molecular flexibility index (Phi) is 8.35. The van der Waals surface area contributed by atoms with E-state index in [1.807, 2.05) is 60.6 Å². The summed E-state index contributed by atoms with van der Waals surface area (Å²) in [7, 11) is 3.63. The normalized spacial score (nSPS) is 12.5. The zero-order valence-corrected chi connectivity index (χ0v) is 19.3. The molecule has 164 valence electrons. The summed E-state index contributed by atoms with van der Waals surface area (Å²) in [5, 5.41) is 15.6. The molecule has 0 bridgehead atoms. The summed E-state index contributed by atoms with van der Waals surface area (Å²) < 4.78 is 7.21. The summed E-state index contributed by atoms with van der Waals surface area (Å²) in [5.74, 6) is 3.34. The van der Waals surface area contributed by atoms with Crippen molar-refractivity contribution in [3.63, 3.8) is 0 Å². The minimum Gasteiger partial charge on any atom is -0.497 e. The summed E-state index contributed by atoms with van der Waals surface area (Å²) >= 11 is 1.84. The van der Waals surface area contributed by atoms with Crippen molar-refractivity contribution in [2.75, 3.05) is 13.7 Å². The summed E-state index contributed by atoms with van der Waals surface area (Å²) in [6.07, 6.45) is 0. The first-order valence-electron chi connectivity index (χ1n) is 10.3. The summed E-state index contributed by atoms with van der Waals surface area (Å²) in [4.78, 5) is 6.03. The predicted octanol–water partition coefficient (Wildman–Crippen LogP) is 3.55. The quantitative estimate of drug-likeness (QED) is 0.302. The van der Waals surface area contributed by atoms with Crippen molar-refractivity contribution < 1.29 is 4.74 Å². The van der Waals surface area contributed by atoms with Crippen molar-refractivity contribution in [1.29, 1.82) is 0 Å². The van der Waals surface area contributed by atoms with E-state index in [1.54, 1.807) is 7.11 Å². The molecular weight excluding hydrogens is 408 g/mol. The van der Waals surface area contributed by atoms with Gasteiger partial charge >= 0.3 is 0 Å². The Labute approximate surface area is 188 Å². The van der Waals surface area contributed by atoms with Gasteiger partial charge in [-0.2, -0.15) is 0 Å². The average Bonchev–Trinajstić information content (AvgIpc) is 3.12. The molecule has 2 N–H and O–H groups in total. The topological polar surface area (TPSA) is 76.4 Å². The Balaban J connectivity index is 1.62. The molecule has 31 heavy (non-hydrogen) atoms. The lowest BCUT2D eigenvalue weighted by Crippen LogP contribution is -2.40. The highest BCUT2D eigenvalue weighted by atomic mass is 32.2. The Morgan fingerprint density at radius 1 is 1.10 bits per heavy atom. The lowest BCUT2D eigenvalue weighted by Gasteiger charge is -2.16. The molecule has 3 rings (SSSR count). The molecule has 0 aliphatic rings. The third-order valence-electron chi connectivity index (χ3n) is 4.81. The van der Waals surface area contributed by atoms with Gasteiger partial charge in [-0.1, -0.05) is 37.3 Å². The van der Waals surface area contributed by atoms with Gasteiger partial charge in [0.15, 0.2) is 11.8 Å². The average molecular weight is 439 g/mol. The second-order valence-corrected chi connectivity index (χ2v) is 8.72. The predicted molar refractivity (Wildman–Crippen MR) is 126 cm³/mol. The molecule has 2 aromatic carbocycles. The van der Waals surface area contributed by atoms with Gasteiger partial charge in [0.05, 0.1) is 20.2 Å². The number of benzene rings is 2. The van der Waals surface area contributed by atoms with Crippen LogP contribution < -0.4 is 15.4 Å². The lowest BCUT2D eigenvalue weighted by molar-refractivity contribution is 0.414. The summed E-state index contributed by atoms with van der Waals surface area (Å²) in [6.45, 7) is 6.04. The smallest absolute Gasteiger partial charge is 0.192 e. The minimum atomic E-state index is 0.382. The molecule has 0 radical (unpaired) electrons. The zero-order valence-electron chi connectivity index (χ0n) is 18.5. The number of nitrogens with one attached hydrogen (secondary N) is 2. The van der Waals surface area contributed by atoms with E-state index in [9.17, 15) is 0 Å². The highest BCUT2D eigenvalue weighted by molar-refractivity contribution is 8.00. The monoisotopic (exact) mass is 438 g/mol. The molecule has 8 heteroatoms. The Bertz CT molecular complexity index is 971. The number of methoxy groups -OCH3 is 1. The van der Waals surface area contributed by atoms with Gasteiger partial charge in [0.25, 0.3) is 0 Å². The van der Waals surface area contributed by atoms with E-state index < -0.39 is 0 Å². The Morgan fingerprint density at radius 3 is 2.48 bits per heavy atom. The molecule has 0 spiro atoms. The molecule has 0 aliphatic carbocycles. The van der Waals surface area contributed by atoms with Crippen LogP contribution in [0.1, 0.15) is 24.1 Å². The maximum Gasteiger partial charge on any atom is 0.192 e. The van der Waals surface area contributed by atoms with Crippen molar-refractivity contribution in [2.24, 2.45) is 12.0 Å². The number of hydrogen-bond donors (Lipinski definition) is 2. The fourth-order valence-electron chi connectivity index (χ4n) is 2.86. The molecule has 1 aromatic heterocycles. The van der Waals surface area contributed by atoms with Gasteiger partial charge in [-0.25, -0.2) is 4.99 Å². The van der Waals surface area contributed by atoms with Crippen LogP contribution in [-0.2, 0) is 20.1 Å². The maximum atomic E-state index is 5.23. The van der Waals surface area contributed by atoms with Gasteiger partial charge in [0.2, 0.25) is 0 Å². The van der Waals surface area contributed by atoms with Crippen molar-refractivity contribution in [2.45, 2.75) is 37.1 Å². The second-order valence-electron chi connectivity index (χ2n) is 7.21. The van der Waals surface area contributed by atoms with E-state index in [-0.39, 0.29) is 0 Å². The summed E-state index contributed by atoms with van der Waals surface area (Å²) in [6, 6.07) is 18.4. The third-order valence-corrected chi connectivity index (χ3v) is 5.93. The van der Waals surface area contributed by atoms with E-state index >= 15 is 0 Å². The van der Waals surface area contributed by atoms with Gasteiger partial charge in [-0.05, 0) is 36.8 Å². The van der Waals surface area contributed by atoms with Crippen LogP contribution in [0.3, 0.4) is 0 Å². The highest BCUT2D eigenvalue weighted by Gasteiger charge is 2.09. The first-order valence-corrected chi connectivity index (χ1v) is 11.1. The van der Waals surface area contributed by atoms with E-state index in [4.69, 9.17) is 9.73 Å². The van der Waals surface area contributed by atoms with Crippen LogP contribution in [0, 0.1) is 6.92 Å². The SMILES string of the molecule is COc1ccc(CN=C(NCc2nnc(C)n2C)NCC(C)Sc2ccccc2)cc1. The van der Waals surface area contributed by atoms with E-state index in [0.717, 1.165) is 35.5 Å². The van der Waals surface area contributed by atoms with Crippen molar-refractivity contribution >= 4 is 17.7 Å². The maximum absolute atomic E-state index is 5.23. The number of thioether (sulfide) groups is 1. The number of ether oxygens (including phenoxy) is 1. The van der Waals surface area contributed by atoms with E-state index in [0.29, 0.717) is 18.3 Å². The minimum absolute atomic E-state index is 0.382. The molecule has 0 saturated heterocycles. The number of rotatable bonds is 9. The van der Waals surface area contributed by atoms with Gasteiger partial charge in [0, 0.05) is 23.7 Å². The van der Waals surface area contributed by atoms with Crippen LogP contribution in [0.4, 0.5) is 0 Å². The molecule has 3 aromatic rings. The largest absolute Gasteiger partial charge is 0.497 e. The second kappa shape index (κ2) is 11.4. The van der Waals surface area contributed by atoms with Gasteiger partial charge in [0.1, 0.15) is 11.6 Å². The van der Waals surface area contributed by atoms with Crippen LogP contribution in [0.5, 0.6) is 5.75 Å². The van der Waals surface area contributed by atoms with Crippen molar-refractivity contribution in [1.82, 2.24) is 25.4 Å². The van der Waals surface area contributed by atoms with Crippen LogP contribution in [0.2, 0.25) is 0 Å². The first-order chi connectivity index (χ1) is 15.0. The van der Waals surface area contributed by atoms with Crippen LogP contribution in [0.25, 0.3) is 0 Å². The standard InChI is InChI=1S/C23H30N6OS/c1-17(31-21-8-6-5-7-9-21)14-24-23(26-16-22-28-27-18(2)29(22)3)25-15-19-10-12-20(30-4)13-11-19/h5-13,17H,14-16H2,1-4H3,(H2,24,25,26). The third kappa shape index (κ3) is 7.03. The van der Waals surface area contributed by atoms with E-state index in [2.05, 4.69) is 52.0 Å². The van der Waals surface area contributed by atoms with Crippen molar-refractivity contribution in [3.8, 4) is 5.75 Å². The fraction of sp³-hybridized carbons (Fsp3) is 0.348. The van der Waals surface area contributed by atoms with Gasteiger partial charge in [-0.3, -0.25) is 0 Å². The first kappa shape index (κ1) is 22.7. The van der Waals surface area contributed by atoms with Crippen LogP contribution in [0.15, 0.2) is 64.5 Å². The molecule has 1 atom stereocenters. The molecule has 0 aliphatic heterocycles. The molecule has 0 amide bonds. The fourth-order valence-corrected chi connectivity index (χ4v) is 3.80. The molecule has 1 heterocycles. The molecule has 0 fully saturated rings. The van der Waals surface area contributed by atoms with E-state index in [1.165, 1.54) is 4.90 Å². The zero-order chi connectivity index (χ0) is 22.1. The van der Waals surface area contributed by atoms with Gasteiger partial charge < -0.3 is 19.9 Å². The van der Waals surface area contributed by atoms with Crippen LogP contribution in [-0.4, -0.2) is 39.6 Å². The molecule has 1 unspecified atom stereocenters.